The molecule has 0 bridgehead atoms. The van der Waals surface area contributed by atoms with Gasteiger partial charge in [0.1, 0.15) is 11.4 Å². The molecule has 0 saturated carbocycles. The first kappa shape index (κ1) is 22.2. The molecule has 2 atom stereocenters. The highest BCUT2D eigenvalue weighted by Crippen LogP contribution is 2.13. The molecule has 0 fully saturated rings. The molecule has 1 rings (SSSR count). The van der Waals surface area contributed by atoms with Crippen LogP contribution in [0.4, 0.5) is 13.2 Å². The van der Waals surface area contributed by atoms with Crippen LogP contribution in [0.5, 0.6) is 0 Å². The van der Waals surface area contributed by atoms with E-state index in [1.807, 2.05) is 19.9 Å². The highest BCUT2D eigenvalue weighted by atomic mass is 32.2. The minimum atomic E-state index is -5.08. The molecule has 1 aromatic rings. The second kappa shape index (κ2) is 10.2. The number of alkyl halides is 3. The average Bonchev–Trinajstić information content (AvgIpc) is 2.47. The summed E-state index contributed by atoms with van der Waals surface area (Å²) >= 11 is -1.53. The van der Waals surface area contributed by atoms with Crippen LogP contribution in [-0.4, -0.2) is 33.8 Å². The van der Waals surface area contributed by atoms with Gasteiger partial charge in [-0.05, 0) is 24.5 Å². The summed E-state index contributed by atoms with van der Waals surface area (Å²) in [6, 6.07) is 8.16. The zero-order valence-electron chi connectivity index (χ0n) is 13.0. The molecule has 24 heavy (non-hydrogen) atoms. The first-order valence-corrected chi connectivity index (χ1v) is 7.93. The number of aliphatic carboxylic acids is 1. The zero-order valence-corrected chi connectivity index (χ0v) is 13.9. The van der Waals surface area contributed by atoms with Gasteiger partial charge in [0.15, 0.2) is 4.90 Å². The summed E-state index contributed by atoms with van der Waals surface area (Å²) in [6.07, 6.45) is -4.50. The van der Waals surface area contributed by atoms with E-state index in [4.69, 9.17) is 15.6 Å². The van der Waals surface area contributed by atoms with Crippen LogP contribution in [0.1, 0.15) is 20.3 Å². The lowest BCUT2D eigenvalue weighted by atomic mass is 10.0. The van der Waals surface area contributed by atoms with E-state index in [0.717, 1.165) is 0 Å². The molecular weight excluding hydrogens is 349 g/mol. The Kier molecular flexibility index (Phi) is 9.41. The van der Waals surface area contributed by atoms with Crippen molar-refractivity contribution in [1.82, 2.24) is 4.72 Å². The Balaban J connectivity index is 0.000000640. The van der Waals surface area contributed by atoms with Crippen molar-refractivity contribution in [2.24, 2.45) is 11.7 Å². The van der Waals surface area contributed by atoms with Gasteiger partial charge >= 0.3 is 12.1 Å². The maximum atomic E-state index is 11.8. The van der Waals surface area contributed by atoms with Crippen molar-refractivity contribution in [2.75, 3.05) is 0 Å². The number of hydrogen-bond acceptors (Lipinski definition) is 4. The highest BCUT2D eigenvalue weighted by Gasteiger charge is 2.38. The quantitative estimate of drug-likeness (QED) is 0.686. The second-order valence-corrected chi connectivity index (χ2v) is 6.30. The maximum Gasteiger partial charge on any atom is 0.490 e. The van der Waals surface area contributed by atoms with Gasteiger partial charge < -0.3 is 15.4 Å². The summed E-state index contributed by atoms with van der Waals surface area (Å²) in [7, 11) is 0. The van der Waals surface area contributed by atoms with Crippen LogP contribution in [-0.2, 0) is 21.0 Å². The predicted molar refractivity (Wildman–Crippen MR) is 82.1 cm³/mol. The number of nitrogens with one attached hydrogen (secondary N) is 1. The normalized spacial score (nSPS) is 13.5. The summed E-state index contributed by atoms with van der Waals surface area (Å²) in [5.41, 5.74) is 5.70. The average molecular weight is 368 g/mol. The van der Waals surface area contributed by atoms with Crippen molar-refractivity contribution < 1.29 is 32.4 Å². The predicted octanol–water partition coefficient (Wildman–Crippen LogP) is 1.83. The minimum Gasteiger partial charge on any atom is -0.588 e. The number of carboxylic acids is 1. The molecular formula is C14H19F3N2O4S. The molecule has 0 spiro atoms. The summed E-state index contributed by atoms with van der Waals surface area (Å²) in [4.78, 5) is 21.1. The summed E-state index contributed by atoms with van der Waals surface area (Å²) in [5.74, 6) is -2.80. The van der Waals surface area contributed by atoms with E-state index in [9.17, 15) is 22.5 Å². The van der Waals surface area contributed by atoms with Crippen molar-refractivity contribution in [3.63, 3.8) is 0 Å². The fraction of sp³-hybridized carbons (Fsp3) is 0.429. The number of amides is 1. The van der Waals surface area contributed by atoms with Gasteiger partial charge in [-0.15, -0.1) is 0 Å². The monoisotopic (exact) mass is 368 g/mol. The molecule has 0 aliphatic heterocycles. The number of hydrogen-bond donors (Lipinski definition) is 3. The van der Waals surface area contributed by atoms with Crippen molar-refractivity contribution in [3.05, 3.63) is 30.3 Å². The van der Waals surface area contributed by atoms with Crippen molar-refractivity contribution >= 4 is 23.2 Å². The third-order valence-corrected chi connectivity index (χ3v) is 3.54. The van der Waals surface area contributed by atoms with Gasteiger partial charge in [-0.2, -0.15) is 17.9 Å². The van der Waals surface area contributed by atoms with Crippen molar-refractivity contribution in [1.29, 1.82) is 0 Å². The Labute approximate surface area is 140 Å². The van der Waals surface area contributed by atoms with Gasteiger partial charge in [0.05, 0.1) is 6.04 Å². The van der Waals surface area contributed by atoms with Crippen LogP contribution >= 0.6 is 0 Å². The molecule has 0 radical (unpaired) electrons. The number of carbonyl (C=O) groups is 2. The first-order chi connectivity index (χ1) is 10.9. The lowest BCUT2D eigenvalue weighted by molar-refractivity contribution is -0.192. The number of nitrogens with two attached hydrogens (primary N) is 1. The van der Waals surface area contributed by atoms with E-state index in [1.54, 1.807) is 24.3 Å². The molecule has 1 aromatic carbocycles. The molecule has 4 N–H and O–H groups in total. The van der Waals surface area contributed by atoms with E-state index in [-0.39, 0.29) is 5.91 Å². The van der Waals surface area contributed by atoms with E-state index in [2.05, 4.69) is 4.72 Å². The summed E-state index contributed by atoms with van der Waals surface area (Å²) in [6.45, 7) is 3.97. The molecule has 0 unspecified atom stereocenters. The molecule has 0 heterocycles. The molecule has 0 aliphatic rings. The molecule has 0 aliphatic carbocycles. The van der Waals surface area contributed by atoms with Gasteiger partial charge in [-0.3, -0.25) is 4.79 Å². The van der Waals surface area contributed by atoms with Crippen LogP contribution in [0.3, 0.4) is 0 Å². The van der Waals surface area contributed by atoms with Gasteiger partial charge in [0.25, 0.3) is 5.91 Å². The number of rotatable bonds is 5. The van der Waals surface area contributed by atoms with Gasteiger partial charge in [-0.1, -0.05) is 32.0 Å². The third-order valence-electron chi connectivity index (χ3n) is 2.46. The SMILES string of the molecule is CC(C)C[C@H](N)C(=O)N[S@@+]([O-])c1ccccc1.O=C(O)C(F)(F)F. The Morgan fingerprint density at radius 3 is 2.12 bits per heavy atom. The third kappa shape index (κ3) is 9.38. The Bertz CT molecular complexity index is 527. The van der Waals surface area contributed by atoms with Crippen molar-refractivity contribution in [2.45, 2.75) is 37.4 Å². The van der Waals surface area contributed by atoms with Crippen LogP contribution in [0.25, 0.3) is 0 Å². The smallest absolute Gasteiger partial charge is 0.490 e. The van der Waals surface area contributed by atoms with E-state index >= 15 is 0 Å². The summed E-state index contributed by atoms with van der Waals surface area (Å²) in [5, 5.41) is 7.12. The van der Waals surface area contributed by atoms with Crippen LogP contribution in [0.15, 0.2) is 35.2 Å². The maximum absolute atomic E-state index is 11.8. The first-order valence-electron chi connectivity index (χ1n) is 6.78. The van der Waals surface area contributed by atoms with Gasteiger partial charge in [0.2, 0.25) is 0 Å². The zero-order chi connectivity index (χ0) is 18.9. The number of carboxylic acid groups (broad SMARTS) is 1. The summed E-state index contributed by atoms with van der Waals surface area (Å²) < 4.78 is 45.9. The van der Waals surface area contributed by atoms with Crippen LogP contribution in [0, 0.1) is 5.92 Å². The molecule has 136 valence electrons. The Hall–Kier alpha value is -1.78. The second-order valence-electron chi connectivity index (χ2n) is 5.09. The number of benzene rings is 1. The van der Waals surface area contributed by atoms with Crippen LogP contribution in [0.2, 0.25) is 0 Å². The van der Waals surface area contributed by atoms with Gasteiger partial charge in [-0.25, -0.2) is 4.79 Å². The number of carbonyl (C=O) groups excluding carboxylic acids is 1. The van der Waals surface area contributed by atoms with E-state index in [0.29, 0.717) is 17.2 Å². The largest absolute Gasteiger partial charge is 0.588 e. The van der Waals surface area contributed by atoms with Crippen LogP contribution < -0.4 is 10.5 Å². The standard InChI is InChI=1S/C12H18N2O2S.C2HF3O2/c1-9(2)8-11(13)12(15)14-17(16)10-6-4-3-5-7-10;3-2(4,5)1(6)7/h3-7,9,11H,8,13H2,1-2H3,(H,14,15);(H,6,7)/t11-,17-;/m0./s1. The fourth-order valence-electron chi connectivity index (χ4n) is 1.38. The molecule has 0 saturated heterocycles. The lowest BCUT2D eigenvalue weighted by Gasteiger charge is -2.15. The number of halogens is 3. The van der Waals surface area contributed by atoms with E-state index < -0.39 is 29.5 Å². The fourth-order valence-corrected chi connectivity index (χ4v) is 2.24. The minimum absolute atomic E-state index is 0.334. The van der Waals surface area contributed by atoms with Gasteiger partial charge in [0, 0.05) is 0 Å². The molecule has 10 heteroatoms. The highest BCUT2D eigenvalue weighted by molar-refractivity contribution is 7.90. The van der Waals surface area contributed by atoms with Crippen molar-refractivity contribution in [3.8, 4) is 0 Å². The topological polar surface area (TPSA) is 115 Å². The molecule has 6 nitrogen and oxygen atoms in total. The lowest BCUT2D eigenvalue weighted by Crippen LogP contribution is -2.43. The molecule has 1 amide bonds. The Morgan fingerprint density at radius 1 is 1.29 bits per heavy atom. The van der Waals surface area contributed by atoms with E-state index in [1.165, 1.54) is 0 Å². The Morgan fingerprint density at radius 2 is 1.75 bits per heavy atom. The molecule has 0 aromatic heterocycles.